The Morgan fingerprint density at radius 2 is 1.65 bits per heavy atom. The number of hydrogen-bond acceptors (Lipinski definition) is 2. The van der Waals surface area contributed by atoms with E-state index in [-0.39, 0.29) is 0 Å². The van der Waals surface area contributed by atoms with Gasteiger partial charge in [-0.2, -0.15) is 0 Å². The zero-order valence-corrected chi connectivity index (χ0v) is 14.5. The van der Waals surface area contributed by atoms with Crippen LogP contribution < -0.4 is 5.32 Å². The summed E-state index contributed by atoms with van der Waals surface area (Å²) in [6.45, 7) is 15.6. The summed E-state index contributed by atoms with van der Waals surface area (Å²) in [5.74, 6) is 0. The van der Waals surface area contributed by atoms with E-state index in [4.69, 9.17) is 0 Å². The molecule has 1 spiro atoms. The summed E-state index contributed by atoms with van der Waals surface area (Å²) in [4.78, 5) is 2.88. The second-order valence-electron chi connectivity index (χ2n) is 8.50. The van der Waals surface area contributed by atoms with E-state index in [1.54, 1.807) is 0 Å². The minimum absolute atomic E-state index is 0.367. The second kappa shape index (κ2) is 5.96. The van der Waals surface area contributed by atoms with Crippen molar-refractivity contribution in [2.75, 3.05) is 19.6 Å². The summed E-state index contributed by atoms with van der Waals surface area (Å²) < 4.78 is 0. The third-order valence-corrected chi connectivity index (χ3v) is 5.98. The van der Waals surface area contributed by atoms with Crippen LogP contribution in [0, 0.1) is 5.41 Å². The number of hydrogen-bond donors (Lipinski definition) is 1. The predicted molar refractivity (Wildman–Crippen MR) is 88.2 cm³/mol. The van der Waals surface area contributed by atoms with Gasteiger partial charge in [-0.1, -0.05) is 47.5 Å². The molecule has 0 aromatic carbocycles. The predicted octanol–water partition coefficient (Wildman–Crippen LogP) is 4.20. The van der Waals surface area contributed by atoms with E-state index < -0.39 is 0 Å². The van der Waals surface area contributed by atoms with Crippen LogP contribution in [-0.2, 0) is 0 Å². The van der Waals surface area contributed by atoms with Gasteiger partial charge >= 0.3 is 0 Å². The fraction of sp³-hybridized carbons (Fsp3) is 1.00. The average molecular weight is 280 g/mol. The second-order valence-corrected chi connectivity index (χ2v) is 8.50. The van der Waals surface area contributed by atoms with Gasteiger partial charge < -0.3 is 5.32 Å². The minimum atomic E-state index is 0.367. The molecule has 2 fully saturated rings. The van der Waals surface area contributed by atoms with E-state index in [9.17, 15) is 0 Å². The van der Waals surface area contributed by atoms with E-state index >= 15 is 0 Å². The largest absolute Gasteiger partial charge is 0.308 e. The molecule has 0 aromatic heterocycles. The molecule has 20 heavy (non-hydrogen) atoms. The Morgan fingerprint density at radius 1 is 1.05 bits per heavy atom. The molecule has 1 saturated heterocycles. The van der Waals surface area contributed by atoms with Crippen LogP contribution in [0.3, 0.4) is 0 Å². The van der Waals surface area contributed by atoms with Gasteiger partial charge in [0.25, 0.3) is 0 Å². The van der Waals surface area contributed by atoms with Crippen LogP contribution in [0.25, 0.3) is 0 Å². The molecule has 1 saturated carbocycles. The monoisotopic (exact) mass is 280 g/mol. The molecular weight excluding hydrogens is 244 g/mol. The molecule has 0 aromatic rings. The molecule has 1 heterocycles. The van der Waals surface area contributed by atoms with Crippen LogP contribution in [0.4, 0.5) is 0 Å². The molecule has 0 amide bonds. The Morgan fingerprint density at radius 3 is 2.15 bits per heavy atom. The zero-order chi connectivity index (χ0) is 14.9. The number of rotatable bonds is 4. The lowest BCUT2D eigenvalue weighted by Gasteiger charge is -2.54. The Bertz CT molecular complexity index is 306. The van der Waals surface area contributed by atoms with E-state index in [0.29, 0.717) is 16.5 Å². The summed E-state index contributed by atoms with van der Waals surface area (Å²) in [5, 5.41) is 3.95. The third kappa shape index (κ3) is 3.39. The molecular formula is C18H36N2. The molecule has 0 radical (unpaired) electrons. The van der Waals surface area contributed by atoms with Crippen molar-refractivity contribution in [1.29, 1.82) is 0 Å². The summed E-state index contributed by atoms with van der Waals surface area (Å²) >= 11 is 0. The van der Waals surface area contributed by atoms with Crippen molar-refractivity contribution in [3.63, 3.8) is 0 Å². The maximum Gasteiger partial charge on any atom is 0.0334 e. The lowest BCUT2D eigenvalue weighted by molar-refractivity contribution is -0.00205. The van der Waals surface area contributed by atoms with Gasteiger partial charge in [-0.25, -0.2) is 0 Å². The maximum atomic E-state index is 3.95. The van der Waals surface area contributed by atoms with Gasteiger partial charge in [-0.15, -0.1) is 0 Å². The van der Waals surface area contributed by atoms with Gasteiger partial charge in [0.15, 0.2) is 0 Å². The van der Waals surface area contributed by atoms with Crippen molar-refractivity contribution in [2.45, 2.75) is 90.6 Å². The van der Waals surface area contributed by atoms with Crippen LogP contribution >= 0.6 is 0 Å². The van der Waals surface area contributed by atoms with Crippen molar-refractivity contribution >= 4 is 0 Å². The van der Waals surface area contributed by atoms with Gasteiger partial charge in [0.05, 0.1) is 0 Å². The molecule has 1 aliphatic carbocycles. The van der Waals surface area contributed by atoms with E-state index in [0.717, 1.165) is 0 Å². The van der Waals surface area contributed by atoms with Gasteiger partial charge in [0, 0.05) is 24.2 Å². The maximum absolute atomic E-state index is 3.95. The SMILES string of the molecule is CCC1(CC)CN(CCC(C)(C)C)C2(CCCC2)CN1. The highest BCUT2D eigenvalue weighted by Gasteiger charge is 2.47. The van der Waals surface area contributed by atoms with Crippen molar-refractivity contribution in [2.24, 2.45) is 5.41 Å². The number of nitrogens with one attached hydrogen (secondary N) is 1. The van der Waals surface area contributed by atoms with E-state index in [1.807, 2.05) is 0 Å². The standard InChI is InChI=1S/C18H36N2/c1-6-17(7-2)15-20(13-12-16(3,4)5)18(14-19-17)10-8-9-11-18/h19H,6-15H2,1-5H3. The number of nitrogens with zero attached hydrogens (tertiary/aromatic N) is 1. The first-order valence-corrected chi connectivity index (χ1v) is 8.85. The van der Waals surface area contributed by atoms with Crippen molar-refractivity contribution in [3.05, 3.63) is 0 Å². The number of piperazine rings is 1. The van der Waals surface area contributed by atoms with Gasteiger partial charge in [-0.05, 0) is 44.1 Å². The quantitative estimate of drug-likeness (QED) is 0.830. The fourth-order valence-corrected chi connectivity index (χ4v) is 4.09. The summed E-state index contributed by atoms with van der Waals surface area (Å²) in [6, 6.07) is 0. The van der Waals surface area contributed by atoms with Crippen LogP contribution in [-0.4, -0.2) is 35.6 Å². The van der Waals surface area contributed by atoms with Gasteiger partial charge in [-0.3, -0.25) is 4.90 Å². The molecule has 0 bridgehead atoms. The topological polar surface area (TPSA) is 15.3 Å². The first-order valence-electron chi connectivity index (χ1n) is 8.85. The highest BCUT2D eigenvalue weighted by atomic mass is 15.3. The van der Waals surface area contributed by atoms with Crippen LogP contribution in [0.5, 0.6) is 0 Å². The smallest absolute Gasteiger partial charge is 0.0334 e. The Labute approximate surface area is 126 Å². The Balaban J connectivity index is 2.11. The highest BCUT2D eigenvalue weighted by Crippen LogP contribution is 2.40. The summed E-state index contributed by atoms with van der Waals surface area (Å²) in [7, 11) is 0. The molecule has 2 nitrogen and oxygen atoms in total. The highest BCUT2D eigenvalue weighted by molar-refractivity contribution is 5.06. The molecule has 2 aliphatic rings. The lowest BCUT2D eigenvalue weighted by atomic mass is 9.81. The normalized spacial score (nSPS) is 26.2. The first-order chi connectivity index (χ1) is 9.35. The zero-order valence-electron chi connectivity index (χ0n) is 14.5. The summed E-state index contributed by atoms with van der Waals surface area (Å²) in [6.07, 6.45) is 9.51. The van der Waals surface area contributed by atoms with Gasteiger partial charge in [0.1, 0.15) is 0 Å². The fourth-order valence-electron chi connectivity index (χ4n) is 4.09. The van der Waals surface area contributed by atoms with Crippen LogP contribution in [0.15, 0.2) is 0 Å². The molecule has 2 heteroatoms. The minimum Gasteiger partial charge on any atom is -0.308 e. The third-order valence-electron chi connectivity index (χ3n) is 5.98. The molecule has 1 N–H and O–H groups in total. The Hall–Kier alpha value is -0.0800. The lowest BCUT2D eigenvalue weighted by Crippen LogP contribution is -2.69. The van der Waals surface area contributed by atoms with Crippen molar-refractivity contribution in [3.8, 4) is 0 Å². The molecule has 0 unspecified atom stereocenters. The van der Waals surface area contributed by atoms with Crippen LogP contribution in [0.2, 0.25) is 0 Å². The summed E-state index contributed by atoms with van der Waals surface area (Å²) in [5.41, 5.74) is 1.30. The van der Waals surface area contributed by atoms with Crippen LogP contribution in [0.1, 0.15) is 79.6 Å². The van der Waals surface area contributed by atoms with Gasteiger partial charge in [0.2, 0.25) is 0 Å². The molecule has 118 valence electrons. The van der Waals surface area contributed by atoms with E-state index in [1.165, 1.54) is 64.6 Å². The average Bonchev–Trinajstić information content (AvgIpc) is 2.87. The molecule has 1 aliphatic heterocycles. The van der Waals surface area contributed by atoms with Crippen molar-refractivity contribution in [1.82, 2.24) is 10.2 Å². The Kier molecular flexibility index (Phi) is 4.86. The molecule has 0 atom stereocenters. The van der Waals surface area contributed by atoms with E-state index in [2.05, 4.69) is 44.8 Å². The van der Waals surface area contributed by atoms with Crippen molar-refractivity contribution < 1.29 is 0 Å². The molecule has 2 rings (SSSR count). The first kappa shape index (κ1) is 16.3.